The van der Waals surface area contributed by atoms with E-state index in [-0.39, 0.29) is 11.7 Å². The van der Waals surface area contributed by atoms with Crippen molar-refractivity contribution in [1.82, 2.24) is 16.2 Å². The van der Waals surface area contributed by atoms with E-state index in [4.69, 9.17) is 18.9 Å². The molecule has 0 rings (SSSR count). The summed E-state index contributed by atoms with van der Waals surface area (Å²) < 4.78 is 21.8. The van der Waals surface area contributed by atoms with Gasteiger partial charge in [-0.15, -0.1) is 0 Å². The summed E-state index contributed by atoms with van der Waals surface area (Å²) in [6.45, 7) is 11.9. The van der Waals surface area contributed by atoms with E-state index in [1.165, 1.54) is 0 Å². The molecule has 8 nitrogen and oxygen atoms in total. The van der Waals surface area contributed by atoms with E-state index < -0.39 is 0 Å². The van der Waals surface area contributed by atoms with Crippen LogP contribution in [0.25, 0.3) is 0 Å². The second-order valence-electron chi connectivity index (χ2n) is 6.63. The molecule has 3 N–H and O–H groups in total. The Balaban J connectivity index is 3.41. The first-order valence-electron chi connectivity index (χ1n) is 9.68. The van der Waals surface area contributed by atoms with Crippen LogP contribution in [0.5, 0.6) is 0 Å². The molecular weight excluding hydrogens is 350 g/mol. The van der Waals surface area contributed by atoms with E-state index in [0.29, 0.717) is 65.3 Å². The maximum atomic E-state index is 11.4. The molecule has 0 fully saturated rings. The Bertz CT molecular complexity index is 390. The molecule has 0 bridgehead atoms. The molecule has 0 radical (unpaired) electrons. The van der Waals surface area contributed by atoms with Crippen LogP contribution in [-0.2, 0) is 23.7 Å². The maximum absolute atomic E-state index is 11.4. The lowest BCUT2D eigenvalue weighted by atomic mass is 10.1. The van der Waals surface area contributed by atoms with E-state index in [1.807, 2.05) is 27.1 Å². The topological polar surface area (TPSA) is 90.1 Å². The van der Waals surface area contributed by atoms with E-state index in [9.17, 15) is 4.79 Å². The molecule has 0 heterocycles. The van der Waals surface area contributed by atoms with Crippen LogP contribution in [0.1, 0.15) is 34.1 Å². The van der Waals surface area contributed by atoms with Gasteiger partial charge in [0.1, 0.15) is 5.78 Å². The van der Waals surface area contributed by atoms with Gasteiger partial charge in [0.2, 0.25) is 0 Å². The zero-order chi connectivity index (χ0) is 20.3. The highest BCUT2D eigenvalue weighted by Crippen LogP contribution is 1.98. The zero-order valence-corrected chi connectivity index (χ0v) is 17.6. The highest BCUT2D eigenvalue weighted by atomic mass is 16.6. The highest BCUT2D eigenvalue weighted by Gasteiger charge is 2.06. The fraction of sp³-hybridized carbons (Fsp3) is 0.842. The van der Waals surface area contributed by atoms with Gasteiger partial charge in [-0.2, -0.15) is 0 Å². The van der Waals surface area contributed by atoms with Crippen molar-refractivity contribution in [2.45, 2.75) is 40.2 Å². The lowest BCUT2D eigenvalue weighted by Gasteiger charge is -2.13. The van der Waals surface area contributed by atoms with E-state index >= 15 is 0 Å². The third-order valence-electron chi connectivity index (χ3n) is 3.39. The second kappa shape index (κ2) is 18.2. The molecule has 27 heavy (non-hydrogen) atoms. The van der Waals surface area contributed by atoms with Crippen molar-refractivity contribution < 1.29 is 23.7 Å². The fourth-order valence-electron chi connectivity index (χ4n) is 1.84. The van der Waals surface area contributed by atoms with E-state index in [1.54, 1.807) is 0 Å². The number of carbonyl (C=O) groups is 1. The first-order chi connectivity index (χ1) is 13.0. The summed E-state index contributed by atoms with van der Waals surface area (Å²) in [7, 11) is 1.81. The van der Waals surface area contributed by atoms with Crippen molar-refractivity contribution in [2.75, 3.05) is 59.9 Å². The first-order valence-corrected chi connectivity index (χ1v) is 9.68. The number of rotatable bonds is 19. The Morgan fingerprint density at radius 3 is 1.85 bits per heavy atom. The molecule has 0 unspecified atom stereocenters. The summed E-state index contributed by atoms with van der Waals surface area (Å²) >= 11 is 0. The lowest BCUT2D eigenvalue weighted by Crippen LogP contribution is -2.31. The van der Waals surface area contributed by atoms with Gasteiger partial charge in [-0.25, -0.2) is 5.43 Å². The SMILES string of the molecule is CNN/C(=C\NC(C)C)COCCOCCOCCOCCC(=O)C(C)C. The van der Waals surface area contributed by atoms with Crippen LogP contribution in [0.2, 0.25) is 0 Å². The molecule has 8 heteroatoms. The molecule has 0 aliphatic carbocycles. The van der Waals surface area contributed by atoms with Crippen LogP contribution < -0.4 is 16.2 Å². The molecule has 0 aromatic rings. The van der Waals surface area contributed by atoms with Crippen LogP contribution in [0, 0.1) is 5.92 Å². The molecule has 0 aliphatic rings. The minimum absolute atomic E-state index is 0.0740. The van der Waals surface area contributed by atoms with Gasteiger partial charge in [0.05, 0.1) is 58.6 Å². The predicted molar refractivity (Wildman–Crippen MR) is 106 cm³/mol. The number of ether oxygens (including phenoxy) is 4. The highest BCUT2D eigenvalue weighted by molar-refractivity contribution is 5.80. The van der Waals surface area contributed by atoms with E-state index in [2.05, 4.69) is 30.0 Å². The summed E-state index contributed by atoms with van der Waals surface area (Å²) in [5.74, 6) is 0.303. The maximum Gasteiger partial charge on any atom is 0.137 e. The standard InChI is InChI=1S/C19H39N3O5/c1-16(2)19(23)6-7-24-8-9-25-10-11-26-12-13-27-15-18(22-20-5)14-21-17(3)4/h14,16-17,20-22H,6-13,15H2,1-5H3/b18-14-. The van der Waals surface area contributed by atoms with Gasteiger partial charge in [0.25, 0.3) is 0 Å². The molecule has 0 atom stereocenters. The third-order valence-corrected chi connectivity index (χ3v) is 3.39. The largest absolute Gasteiger partial charge is 0.387 e. The lowest BCUT2D eigenvalue weighted by molar-refractivity contribution is -0.123. The molecule has 0 saturated heterocycles. The molecule has 0 spiro atoms. The van der Waals surface area contributed by atoms with Crippen molar-refractivity contribution in [1.29, 1.82) is 0 Å². The Kier molecular flexibility index (Phi) is 17.4. The monoisotopic (exact) mass is 389 g/mol. The minimum Gasteiger partial charge on any atom is -0.387 e. The van der Waals surface area contributed by atoms with Gasteiger partial charge < -0.3 is 29.7 Å². The number of ketones is 1. The second-order valence-corrected chi connectivity index (χ2v) is 6.63. The molecule has 0 aromatic carbocycles. The Hall–Kier alpha value is -1.19. The van der Waals surface area contributed by atoms with Gasteiger partial charge >= 0.3 is 0 Å². The Labute approximate surface area is 164 Å². The molecule has 0 saturated carbocycles. The van der Waals surface area contributed by atoms with Crippen molar-refractivity contribution in [3.8, 4) is 0 Å². The van der Waals surface area contributed by atoms with Gasteiger partial charge in [0.15, 0.2) is 0 Å². The summed E-state index contributed by atoms with van der Waals surface area (Å²) in [5.41, 5.74) is 6.82. The predicted octanol–water partition coefficient (Wildman–Crippen LogP) is 1.23. The number of hydrogen-bond donors (Lipinski definition) is 3. The molecular formula is C19H39N3O5. The number of hydrogen-bond acceptors (Lipinski definition) is 8. The molecule has 0 aromatic heterocycles. The van der Waals surface area contributed by atoms with Crippen LogP contribution in [0.3, 0.4) is 0 Å². The smallest absolute Gasteiger partial charge is 0.137 e. The average Bonchev–Trinajstić information content (AvgIpc) is 2.62. The van der Waals surface area contributed by atoms with Crippen LogP contribution in [0.4, 0.5) is 0 Å². The average molecular weight is 390 g/mol. The number of nitrogens with one attached hydrogen (secondary N) is 3. The van der Waals surface area contributed by atoms with Crippen molar-refractivity contribution >= 4 is 5.78 Å². The van der Waals surface area contributed by atoms with Crippen molar-refractivity contribution in [2.24, 2.45) is 5.92 Å². The summed E-state index contributed by atoms with van der Waals surface area (Å²) in [5, 5.41) is 3.21. The number of hydrazine groups is 1. The summed E-state index contributed by atoms with van der Waals surface area (Å²) in [4.78, 5) is 11.4. The van der Waals surface area contributed by atoms with Crippen molar-refractivity contribution in [3.05, 3.63) is 11.9 Å². The van der Waals surface area contributed by atoms with Gasteiger partial charge in [-0.05, 0) is 13.8 Å². The van der Waals surface area contributed by atoms with Gasteiger partial charge in [-0.1, -0.05) is 13.8 Å². The number of Topliss-reactive ketones (excluding diaryl/α,β-unsaturated/α-hetero) is 1. The minimum atomic E-state index is 0.0740. The van der Waals surface area contributed by atoms with Crippen LogP contribution in [0.15, 0.2) is 11.9 Å². The zero-order valence-electron chi connectivity index (χ0n) is 17.6. The first kappa shape index (κ1) is 25.8. The summed E-state index contributed by atoms with van der Waals surface area (Å²) in [6.07, 6.45) is 2.37. The summed E-state index contributed by atoms with van der Waals surface area (Å²) in [6, 6.07) is 0.370. The van der Waals surface area contributed by atoms with Crippen LogP contribution in [-0.4, -0.2) is 71.7 Å². The van der Waals surface area contributed by atoms with Crippen molar-refractivity contribution in [3.63, 3.8) is 0 Å². The third kappa shape index (κ3) is 18.0. The molecule has 0 amide bonds. The van der Waals surface area contributed by atoms with Gasteiger partial charge in [0, 0.05) is 31.6 Å². The normalized spacial score (nSPS) is 12.0. The molecule has 160 valence electrons. The fourth-order valence-corrected chi connectivity index (χ4v) is 1.84. The molecule has 0 aliphatic heterocycles. The van der Waals surface area contributed by atoms with E-state index in [0.717, 1.165) is 5.70 Å². The van der Waals surface area contributed by atoms with Crippen LogP contribution >= 0.6 is 0 Å². The Morgan fingerprint density at radius 1 is 0.852 bits per heavy atom. The Morgan fingerprint density at radius 2 is 1.37 bits per heavy atom. The number of carbonyl (C=O) groups excluding carboxylic acids is 1. The van der Waals surface area contributed by atoms with Gasteiger partial charge in [-0.3, -0.25) is 4.79 Å². The quantitative estimate of drug-likeness (QED) is 0.225.